The molecular formula is C16H17ClN4O2. The molecule has 0 bridgehead atoms. The molecule has 2 heterocycles. The van der Waals surface area contributed by atoms with E-state index in [0.29, 0.717) is 24.5 Å². The van der Waals surface area contributed by atoms with Gasteiger partial charge in [-0.1, -0.05) is 11.6 Å². The molecule has 0 spiro atoms. The lowest BCUT2D eigenvalue weighted by atomic mass is 10.1. The van der Waals surface area contributed by atoms with Crippen LogP contribution in [0.1, 0.15) is 12.1 Å². The average molecular weight is 333 g/mol. The number of H-pyrrole nitrogens is 1. The van der Waals surface area contributed by atoms with E-state index >= 15 is 0 Å². The Labute approximate surface area is 138 Å². The average Bonchev–Trinajstić information content (AvgIpc) is 3.18. The molecule has 2 N–H and O–H groups in total. The number of carbonyl (C=O) groups excluding carboxylic acids is 2. The molecular weight excluding hydrogens is 316 g/mol. The fourth-order valence-corrected chi connectivity index (χ4v) is 2.77. The van der Waals surface area contributed by atoms with Crippen molar-refractivity contribution in [3.05, 3.63) is 47.5 Å². The summed E-state index contributed by atoms with van der Waals surface area (Å²) in [4.78, 5) is 32.9. The molecule has 1 aliphatic heterocycles. The van der Waals surface area contributed by atoms with Gasteiger partial charge in [0.15, 0.2) is 0 Å². The highest BCUT2D eigenvalue weighted by atomic mass is 35.5. The van der Waals surface area contributed by atoms with Gasteiger partial charge in [-0.25, -0.2) is 4.98 Å². The van der Waals surface area contributed by atoms with Crippen molar-refractivity contribution in [2.24, 2.45) is 5.92 Å². The Morgan fingerprint density at radius 1 is 1.39 bits per heavy atom. The minimum atomic E-state index is -0.319. The van der Waals surface area contributed by atoms with Crippen molar-refractivity contribution in [3.8, 4) is 0 Å². The van der Waals surface area contributed by atoms with E-state index in [0.717, 1.165) is 11.4 Å². The molecule has 0 unspecified atom stereocenters. The second kappa shape index (κ2) is 6.83. The van der Waals surface area contributed by atoms with E-state index in [2.05, 4.69) is 15.3 Å². The molecule has 1 aromatic heterocycles. The zero-order valence-electron chi connectivity index (χ0n) is 12.5. The van der Waals surface area contributed by atoms with Crippen LogP contribution in [0.4, 0.5) is 5.69 Å². The molecule has 1 fully saturated rings. The van der Waals surface area contributed by atoms with Crippen LogP contribution < -0.4 is 10.2 Å². The third kappa shape index (κ3) is 3.71. The SMILES string of the molecule is O=C(NCCc1cnc[nH]1)[C@H]1CC(=O)N(c2ccc(Cl)cc2)C1. The summed E-state index contributed by atoms with van der Waals surface area (Å²) in [6, 6.07) is 7.06. The van der Waals surface area contributed by atoms with E-state index in [9.17, 15) is 9.59 Å². The number of amides is 2. The zero-order valence-corrected chi connectivity index (χ0v) is 13.2. The topological polar surface area (TPSA) is 78.1 Å². The van der Waals surface area contributed by atoms with E-state index < -0.39 is 0 Å². The van der Waals surface area contributed by atoms with Crippen molar-refractivity contribution in [3.63, 3.8) is 0 Å². The zero-order chi connectivity index (χ0) is 16.2. The molecule has 0 radical (unpaired) electrons. The van der Waals surface area contributed by atoms with E-state index in [-0.39, 0.29) is 24.2 Å². The van der Waals surface area contributed by atoms with Crippen LogP contribution in [0.15, 0.2) is 36.8 Å². The number of carbonyl (C=O) groups is 2. The molecule has 7 heteroatoms. The van der Waals surface area contributed by atoms with E-state index in [4.69, 9.17) is 11.6 Å². The summed E-state index contributed by atoms with van der Waals surface area (Å²) in [6.45, 7) is 0.920. The summed E-state index contributed by atoms with van der Waals surface area (Å²) < 4.78 is 0. The van der Waals surface area contributed by atoms with Gasteiger partial charge in [-0.15, -0.1) is 0 Å². The highest BCUT2D eigenvalue weighted by molar-refractivity contribution is 6.30. The summed E-state index contributed by atoms with van der Waals surface area (Å²) >= 11 is 5.86. The quantitative estimate of drug-likeness (QED) is 0.876. The second-order valence-corrected chi connectivity index (χ2v) is 5.94. The fourth-order valence-electron chi connectivity index (χ4n) is 2.64. The monoisotopic (exact) mass is 332 g/mol. The fraction of sp³-hybridized carbons (Fsp3) is 0.312. The lowest BCUT2D eigenvalue weighted by Gasteiger charge is -2.16. The maximum Gasteiger partial charge on any atom is 0.227 e. The first-order valence-corrected chi connectivity index (χ1v) is 7.82. The summed E-state index contributed by atoms with van der Waals surface area (Å²) in [5.41, 5.74) is 1.74. The number of anilines is 1. The largest absolute Gasteiger partial charge is 0.355 e. The van der Waals surface area contributed by atoms with Gasteiger partial charge in [-0.3, -0.25) is 9.59 Å². The number of nitrogens with one attached hydrogen (secondary N) is 2. The smallest absolute Gasteiger partial charge is 0.227 e. The van der Waals surface area contributed by atoms with Crippen LogP contribution in [0.5, 0.6) is 0 Å². The number of rotatable bonds is 5. The van der Waals surface area contributed by atoms with Crippen molar-refractivity contribution in [2.75, 3.05) is 18.0 Å². The third-order valence-electron chi connectivity index (χ3n) is 3.88. The predicted molar refractivity (Wildman–Crippen MR) is 87.2 cm³/mol. The third-order valence-corrected chi connectivity index (χ3v) is 4.13. The van der Waals surface area contributed by atoms with Gasteiger partial charge in [-0.05, 0) is 24.3 Å². The Bertz CT molecular complexity index is 685. The Balaban J connectivity index is 1.54. The summed E-state index contributed by atoms with van der Waals surface area (Å²) in [5.74, 6) is -0.449. The molecule has 23 heavy (non-hydrogen) atoms. The summed E-state index contributed by atoms with van der Waals surface area (Å²) in [5, 5.41) is 3.50. The van der Waals surface area contributed by atoms with Gasteiger partial charge in [0.2, 0.25) is 11.8 Å². The van der Waals surface area contributed by atoms with Crippen LogP contribution in [0.3, 0.4) is 0 Å². The number of imidazole rings is 1. The maximum atomic E-state index is 12.2. The number of benzene rings is 1. The first kappa shape index (κ1) is 15.6. The minimum Gasteiger partial charge on any atom is -0.355 e. The highest BCUT2D eigenvalue weighted by Gasteiger charge is 2.34. The van der Waals surface area contributed by atoms with Gasteiger partial charge in [0.05, 0.1) is 12.2 Å². The lowest BCUT2D eigenvalue weighted by molar-refractivity contribution is -0.126. The number of aromatic nitrogens is 2. The Hall–Kier alpha value is -2.34. The molecule has 1 atom stereocenters. The summed E-state index contributed by atoms with van der Waals surface area (Å²) in [6.07, 6.45) is 4.26. The summed E-state index contributed by atoms with van der Waals surface area (Å²) in [7, 11) is 0. The highest BCUT2D eigenvalue weighted by Crippen LogP contribution is 2.26. The van der Waals surface area contributed by atoms with Crippen molar-refractivity contribution in [1.29, 1.82) is 0 Å². The van der Waals surface area contributed by atoms with Gasteiger partial charge >= 0.3 is 0 Å². The first-order chi connectivity index (χ1) is 11.1. The van der Waals surface area contributed by atoms with Crippen molar-refractivity contribution < 1.29 is 9.59 Å². The van der Waals surface area contributed by atoms with Crippen LogP contribution in [-0.4, -0.2) is 34.9 Å². The molecule has 2 aromatic rings. The first-order valence-electron chi connectivity index (χ1n) is 7.44. The molecule has 6 nitrogen and oxygen atoms in total. The number of hydrogen-bond acceptors (Lipinski definition) is 3. The molecule has 1 aromatic carbocycles. The van der Waals surface area contributed by atoms with E-state index in [1.807, 2.05) is 0 Å². The molecule has 1 aliphatic rings. The number of halogens is 1. The van der Waals surface area contributed by atoms with Crippen molar-refractivity contribution in [2.45, 2.75) is 12.8 Å². The van der Waals surface area contributed by atoms with Gasteiger partial charge in [0.1, 0.15) is 0 Å². The molecule has 0 saturated carbocycles. The maximum absolute atomic E-state index is 12.2. The van der Waals surface area contributed by atoms with Crippen molar-refractivity contribution in [1.82, 2.24) is 15.3 Å². The van der Waals surface area contributed by atoms with Gasteiger partial charge in [-0.2, -0.15) is 0 Å². The second-order valence-electron chi connectivity index (χ2n) is 5.50. The minimum absolute atomic E-state index is 0.0407. The lowest BCUT2D eigenvalue weighted by Crippen LogP contribution is -2.34. The van der Waals surface area contributed by atoms with Gasteiger partial charge in [0, 0.05) is 48.5 Å². The normalized spacial score (nSPS) is 17.5. The van der Waals surface area contributed by atoms with Crippen LogP contribution in [0.2, 0.25) is 5.02 Å². The standard InChI is InChI=1S/C16H17ClN4O2/c17-12-1-3-14(4-2-12)21-9-11(7-15(21)22)16(23)19-6-5-13-8-18-10-20-13/h1-4,8,10-11H,5-7,9H2,(H,18,20)(H,19,23)/t11-/m0/s1. The van der Waals surface area contributed by atoms with Crippen LogP contribution in [-0.2, 0) is 16.0 Å². The Morgan fingerprint density at radius 2 is 2.17 bits per heavy atom. The van der Waals surface area contributed by atoms with Gasteiger partial charge < -0.3 is 15.2 Å². The van der Waals surface area contributed by atoms with Crippen LogP contribution >= 0.6 is 11.6 Å². The number of nitrogens with zero attached hydrogens (tertiary/aromatic N) is 2. The Morgan fingerprint density at radius 3 is 2.87 bits per heavy atom. The molecule has 0 aliphatic carbocycles. The molecule has 120 valence electrons. The van der Waals surface area contributed by atoms with E-state index in [1.54, 1.807) is 41.7 Å². The molecule has 1 saturated heterocycles. The van der Waals surface area contributed by atoms with Crippen LogP contribution in [0.25, 0.3) is 0 Å². The van der Waals surface area contributed by atoms with Gasteiger partial charge in [0.25, 0.3) is 0 Å². The van der Waals surface area contributed by atoms with Crippen molar-refractivity contribution >= 4 is 29.1 Å². The Kier molecular flexibility index (Phi) is 4.62. The molecule has 3 rings (SSSR count). The number of aromatic amines is 1. The molecule has 2 amide bonds. The predicted octanol–water partition coefficient (Wildman–Crippen LogP) is 1.77. The van der Waals surface area contributed by atoms with E-state index in [1.165, 1.54) is 0 Å². The van der Waals surface area contributed by atoms with Crippen LogP contribution in [0, 0.1) is 5.92 Å². The number of hydrogen-bond donors (Lipinski definition) is 2.